The highest BCUT2D eigenvalue weighted by molar-refractivity contribution is 7.80. The molecule has 2 atom stereocenters. The number of aromatic nitrogens is 2. The molecule has 1 aliphatic heterocycles. The van der Waals surface area contributed by atoms with Gasteiger partial charge in [-0.05, 0) is 105 Å². The van der Waals surface area contributed by atoms with Crippen LogP contribution in [0.3, 0.4) is 0 Å². The molecule has 2 aromatic heterocycles. The van der Waals surface area contributed by atoms with E-state index in [1.807, 2.05) is 48.7 Å². The molecule has 2 aromatic carbocycles. The quantitative estimate of drug-likeness (QED) is 0.289. The normalized spacial score (nSPS) is 19.4. The average molecular weight is 495 g/mol. The molecule has 4 aromatic rings. The summed E-state index contributed by atoms with van der Waals surface area (Å²) in [6, 6.07) is 25.3. The molecule has 1 aliphatic carbocycles. The summed E-state index contributed by atoms with van der Waals surface area (Å²) >= 11 is 5.93. The maximum atomic E-state index is 6.15. The van der Waals surface area contributed by atoms with Crippen LogP contribution in [0.5, 0.6) is 11.5 Å². The van der Waals surface area contributed by atoms with Crippen LogP contribution >= 0.6 is 12.2 Å². The second-order valence-electron chi connectivity index (χ2n) is 9.79. The summed E-state index contributed by atoms with van der Waals surface area (Å²) in [4.78, 5) is 6.94. The van der Waals surface area contributed by atoms with E-state index in [1.165, 1.54) is 29.8 Å². The van der Waals surface area contributed by atoms with E-state index in [0.717, 1.165) is 28.4 Å². The Morgan fingerprint density at radius 1 is 0.944 bits per heavy atom. The number of thiocarbonyl (C=S) groups is 1. The topological polar surface area (TPSA) is 42.3 Å². The van der Waals surface area contributed by atoms with E-state index in [1.54, 1.807) is 0 Å². The molecule has 182 valence electrons. The summed E-state index contributed by atoms with van der Waals surface area (Å²) in [7, 11) is 0. The Labute approximate surface area is 217 Å². The zero-order chi connectivity index (χ0) is 24.8. The number of hydrogen-bond acceptors (Lipinski definition) is 3. The van der Waals surface area contributed by atoms with Gasteiger partial charge in [-0.2, -0.15) is 0 Å². The van der Waals surface area contributed by atoms with Crippen LogP contribution in [0.15, 0.2) is 79.0 Å². The third kappa shape index (κ3) is 4.05. The van der Waals surface area contributed by atoms with E-state index < -0.39 is 0 Å². The van der Waals surface area contributed by atoms with Crippen LogP contribution < -0.4 is 15.0 Å². The van der Waals surface area contributed by atoms with Gasteiger partial charge in [0.25, 0.3) is 0 Å². The van der Waals surface area contributed by atoms with E-state index in [2.05, 4.69) is 65.9 Å². The molecule has 6 rings (SSSR count). The van der Waals surface area contributed by atoms with E-state index in [9.17, 15) is 0 Å². The smallest absolute Gasteiger partial charge is 0.174 e. The van der Waals surface area contributed by atoms with Gasteiger partial charge in [-0.15, -0.1) is 0 Å². The van der Waals surface area contributed by atoms with Crippen molar-refractivity contribution in [3.63, 3.8) is 0 Å². The van der Waals surface area contributed by atoms with Gasteiger partial charge in [0.2, 0.25) is 0 Å². The highest BCUT2D eigenvalue weighted by Crippen LogP contribution is 2.46. The zero-order valence-electron chi connectivity index (χ0n) is 20.8. The standard InChI is InChI=1S/C30H30N4OS/c1-19-8-4-5-10-27(19)35-24-15-13-23(14-16-24)34-29(25-18-20(2)33(21(25)3)22-11-12-22)28(32-30(34)36)26-9-6-7-17-31-26/h4-10,13-18,22,28-29H,11-12H2,1-3H3,(H,32,36)/t28-,29+/m0/s1. The van der Waals surface area contributed by atoms with Crippen molar-refractivity contribution in [1.29, 1.82) is 0 Å². The Balaban J connectivity index is 1.38. The van der Waals surface area contributed by atoms with Crippen LogP contribution in [0, 0.1) is 20.8 Å². The second kappa shape index (κ2) is 9.10. The van der Waals surface area contributed by atoms with Crippen molar-refractivity contribution >= 4 is 23.0 Å². The van der Waals surface area contributed by atoms with Crippen molar-refractivity contribution in [2.45, 2.75) is 51.7 Å². The van der Waals surface area contributed by atoms with Gasteiger partial charge < -0.3 is 19.5 Å². The molecular formula is C30H30N4OS. The van der Waals surface area contributed by atoms with Crippen molar-refractivity contribution in [2.24, 2.45) is 0 Å². The maximum Gasteiger partial charge on any atom is 0.174 e. The molecule has 6 heteroatoms. The van der Waals surface area contributed by atoms with Gasteiger partial charge in [-0.1, -0.05) is 24.3 Å². The summed E-state index contributed by atoms with van der Waals surface area (Å²) in [5.74, 6) is 1.67. The minimum Gasteiger partial charge on any atom is -0.457 e. The van der Waals surface area contributed by atoms with Crippen molar-refractivity contribution in [1.82, 2.24) is 14.9 Å². The molecule has 1 saturated heterocycles. The van der Waals surface area contributed by atoms with Crippen LogP contribution in [0.1, 0.15) is 59.2 Å². The highest BCUT2D eigenvalue weighted by Gasteiger charge is 2.43. The molecule has 2 fully saturated rings. The van der Waals surface area contributed by atoms with Crippen molar-refractivity contribution in [3.8, 4) is 11.5 Å². The summed E-state index contributed by atoms with van der Waals surface area (Å²) in [6.45, 7) is 6.51. The second-order valence-corrected chi connectivity index (χ2v) is 10.2. The summed E-state index contributed by atoms with van der Waals surface area (Å²) in [6.07, 6.45) is 4.37. The lowest BCUT2D eigenvalue weighted by molar-refractivity contribution is 0.479. The third-order valence-corrected chi connectivity index (χ3v) is 7.60. The third-order valence-electron chi connectivity index (χ3n) is 7.29. The first kappa shape index (κ1) is 22.8. The molecule has 36 heavy (non-hydrogen) atoms. The first-order valence-corrected chi connectivity index (χ1v) is 12.9. The van der Waals surface area contributed by atoms with E-state index >= 15 is 0 Å². The van der Waals surface area contributed by atoms with Crippen LogP contribution in [0.4, 0.5) is 5.69 Å². The first-order chi connectivity index (χ1) is 17.5. The SMILES string of the molecule is Cc1ccccc1Oc1ccc(N2C(=S)N[C@@H](c3ccccn3)[C@H]2c2cc(C)n(C3CC3)c2C)cc1. The van der Waals surface area contributed by atoms with Crippen LogP contribution in [0.25, 0.3) is 0 Å². The molecule has 0 bridgehead atoms. The monoisotopic (exact) mass is 494 g/mol. The van der Waals surface area contributed by atoms with Gasteiger partial charge in [-0.3, -0.25) is 4.98 Å². The molecule has 0 amide bonds. The number of nitrogens with one attached hydrogen (secondary N) is 1. The summed E-state index contributed by atoms with van der Waals surface area (Å²) in [5.41, 5.74) is 7.05. The van der Waals surface area contributed by atoms with E-state index in [0.29, 0.717) is 11.2 Å². The molecular weight excluding hydrogens is 464 g/mol. The number of ether oxygens (including phenoxy) is 1. The van der Waals surface area contributed by atoms with Crippen LogP contribution in [-0.2, 0) is 0 Å². The summed E-state index contributed by atoms with van der Waals surface area (Å²) < 4.78 is 8.65. The van der Waals surface area contributed by atoms with Crippen molar-refractivity contribution in [2.75, 3.05) is 4.90 Å². The maximum absolute atomic E-state index is 6.15. The number of anilines is 1. The predicted octanol–water partition coefficient (Wildman–Crippen LogP) is 7.11. The van der Waals surface area contributed by atoms with Gasteiger partial charge in [0.15, 0.2) is 5.11 Å². The summed E-state index contributed by atoms with van der Waals surface area (Å²) in [5, 5.41) is 4.29. The molecule has 5 nitrogen and oxygen atoms in total. The zero-order valence-corrected chi connectivity index (χ0v) is 21.6. The number of pyridine rings is 1. The Hall–Kier alpha value is -3.64. The molecule has 3 heterocycles. The van der Waals surface area contributed by atoms with Crippen LogP contribution in [0.2, 0.25) is 0 Å². The molecule has 0 radical (unpaired) electrons. The fourth-order valence-corrected chi connectivity index (χ4v) is 5.76. The predicted molar refractivity (Wildman–Crippen MR) is 148 cm³/mol. The van der Waals surface area contributed by atoms with Crippen molar-refractivity contribution in [3.05, 3.63) is 107 Å². The number of aryl methyl sites for hydroxylation is 2. The van der Waals surface area contributed by atoms with Gasteiger partial charge in [0, 0.05) is 29.3 Å². The van der Waals surface area contributed by atoms with Gasteiger partial charge in [0.1, 0.15) is 11.5 Å². The minimum atomic E-state index is -0.0465. The molecule has 0 spiro atoms. The molecule has 0 unspecified atom stereocenters. The van der Waals surface area contributed by atoms with Gasteiger partial charge in [-0.25, -0.2) is 0 Å². The number of rotatable bonds is 6. The first-order valence-electron chi connectivity index (χ1n) is 12.5. The lowest BCUT2D eigenvalue weighted by Gasteiger charge is -2.28. The Kier molecular flexibility index (Phi) is 5.76. The highest BCUT2D eigenvalue weighted by atomic mass is 32.1. The average Bonchev–Trinajstić information content (AvgIpc) is 3.60. The number of hydrogen-bond donors (Lipinski definition) is 1. The fourth-order valence-electron chi connectivity index (χ4n) is 5.42. The van der Waals surface area contributed by atoms with Crippen LogP contribution in [-0.4, -0.2) is 14.7 Å². The molecule has 1 saturated carbocycles. The molecule has 2 aliphatic rings. The number of para-hydroxylation sites is 1. The minimum absolute atomic E-state index is 0.00534. The Morgan fingerprint density at radius 3 is 2.39 bits per heavy atom. The Morgan fingerprint density at radius 2 is 1.69 bits per heavy atom. The van der Waals surface area contributed by atoms with Crippen molar-refractivity contribution < 1.29 is 4.74 Å². The van der Waals surface area contributed by atoms with Gasteiger partial charge in [0.05, 0.1) is 17.8 Å². The largest absolute Gasteiger partial charge is 0.457 e. The molecule has 1 N–H and O–H groups in total. The number of benzene rings is 2. The van der Waals surface area contributed by atoms with E-state index in [4.69, 9.17) is 21.9 Å². The van der Waals surface area contributed by atoms with E-state index in [-0.39, 0.29) is 12.1 Å². The van der Waals surface area contributed by atoms with Gasteiger partial charge >= 0.3 is 0 Å². The lowest BCUT2D eigenvalue weighted by Crippen LogP contribution is -2.29. The fraction of sp³-hybridized carbons (Fsp3) is 0.267. The Bertz CT molecular complexity index is 1410. The number of nitrogens with zero attached hydrogens (tertiary/aromatic N) is 3. The lowest BCUT2D eigenvalue weighted by atomic mass is 9.96.